The van der Waals surface area contributed by atoms with Gasteiger partial charge in [0.2, 0.25) is 5.88 Å². The Morgan fingerprint density at radius 1 is 1.26 bits per heavy atom. The second-order valence-electron chi connectivity index (χ2n) is 4.55. The summed E-state index contributed by atoms with van der Waals surface area (Å²) in [6, 6.07) is 7.28. The third-order valence-corrected chi connectivity index (χ3v) is 3.47. The fourth-order valence-corrected chi connectivity index (χ4v) is 1.99. The maximum absolute atomic E-state index is 9.69. The summed E-state index contributed by atoms with van der Waals surface area (Å²) in [5.41, 5.74) is 2.56. The number of benzene rings is 1. The number of aliphatic hydroxyl groups excluding tert-OH is 1. The van der Waals surface area contributed by atoms with Crippen molar-refractivity contribution in [3.8, 4) is 11.6 Å². The maximum Gasteiger partial charge on any atom is 0.225 e. The fraction of sp³-hybridized carbons (Fsp3) is 0.267. The first-order valence-corrected chi connectivity index (χ1v) is 6.44. The number of aromatic nitrogens is 1. The van der Waals surface area contributed by atoms with Gasteiger partial charge in [0, 0.05) is 16.8 Å². The summed E-state index contributed by atoms with van der Waals surface area (Å²) in [6.45, 7) is 5.54. The van der Waals surface area contributed by atoms with Crippen LogP contribution in [0.25, 0.3) is 0 Å². The van der Waals surface area contributed by atoms with E-state index in [4.69, 9.17) is 16.3 Å². The van der Waals surface area contributed by atoms with Gasteiger partial charge < -0.3 is 9.84 Å². The minimum absolute atomic E-state index is 0.415. The monoisotopic (exact) mass is 277 g/mol. The summed E-state index contributed by atoms with van der Waals surface area (Å²) in [4.78, 5) is 4.16. The number of halogens is 1. The lowest BCUT2D eigenvalue weighted by Gasteiger charge is -2.13. The molecule has 0 aliphatic heterocycles. The number of rotatable bonds is 3. The van der Waals surface area contributed by atoms with E-state index in [2.05, 4.69) is 4.98 Å². The van der Waals surface area contributed by atoms with Crippen LogP contribution in [-0.4, -0.2) is 10.1 Å². The molecule has 0 aliphatic rings. The molecule has 0 radical (unpaired) electrons. The predicted molar refractivity (Wildman–Crippen MR) is 75.9 cm³/mol. The van der Waals surface area contributed by atoms with Crippen molar-refractivity contribution in [2.75, 3.05) is 0 Å². The van der Waals surface area contributed by atoms with Gasteiger partial charge in [-0.25, -0.2) is 4.98 Å². The number of ether oxygens (including phenoxy) is 1. The number of hydrogen-bond acceptors (Lipinski definition) is 3. The van der Waals surface area contributed by atoms with Crippen molar-refractivity contribution < 1.29 is 9.84 Å². The number of aliphatic hydroxyl groups is 1. The Labute approximate surface area is 117 Å². The standard InChI is InChI=1S/C15H16ClNO2/c1-9-7-12(8-10(2)14(9)16)19-15-13(11(3)18)5-4-6-17-15/h4-8,11,18H,1-3H3/t11-/m0/s1. The Morgan fingerprint density at radius 3 is 2.47 bits per heavy atom. The van der Waals surface area contributed by atoms with Crippen LogP contribution in [0.15, 0.2) is 30.5 Å². The molecule has 0 saturated carbocycles. The van der Waals surface area contributed by atoms with Crippen LogP contribution in [0.1, 0.15) is 29.7 Å². The van der Waals surface area contributed by atoms with Crippen molar-refractivity contribution in [1.82, 2.24) is 4.98 Å². The minimum Gasteiger partial charge on any atom is -0.439 e. The van der Waals surface area contributed by atoms with E-state index in [0.29, 0.717) is 17.2 Å². The van der Waals surface area contributed by atoms with Crippen LogP contribution in [0.4, 0.5) is 0 Å². The Kier molecular flexibility index (Phi) is 4.08. The Bertz CT molecular complexity index is 573. The highest BCUT2D eigenvalue weighted by molar-refractivity contribution is 6.32. The highest BCUT2D eigenvalue weighted by atomic mass is 35.5. The van der Waals surface area contributed by atoms with Crippen molar-refractivity contribution in [3.63, 3.8) is 0 Å². The second kappa shape index (κ2) is 5.59. The summed E-state index contributed by atoms with van der Waals surface area (Å²) in [7, 11) is 0. The van der Waals surface area contributed by atoms with Gasteiger partial charge in [0.05, 0.1) is 6.10 Å². The van der Waals surface area contributed by atoms with Crippen LogP contribution in [0.5, 0.6) is 11.6 Å². The van der Waals surface area contributed by atoms with E-state index in [1.807, 2.05) is 26.0 Å². The molecule has 2 aromatic rings. The molecule has 2 rings (SSSR count). The first-order valence-electron chi connectivity index (χ1n) is 6.06. The molecule has 0 bridgehead atoms. The second-order valence-corrected chi connectivity index (χ2v) is 4.92. The average molecular weight is 278 g/mol. The zero-order valence-electron chi connectivity index (χ0n) is 11.1. The lowest BCUT2D eigenvalue weighted by molar-refractivity contribution is 0.194. The van der Waals surface area contributed by atoms with Crippen molar-refractivity contribution in [2.24, 2.45) is 0 Å². The Balaban J connectivity index is 2.37. The largest absolute Gasteiger partial charge is 0.439 e. The van der Waals surface area contributed by atoms with Crippen LogP contribution in [0.3, 0.4) is 0 Å². The van der Waals surface area contributed by atoms with Crippen LogP contribution in [-0.2, 0) is 0 Å². The molecule has 4 heteroatoms. The molecule has 0 unspecified atom stereocenters. The van der Waals surface area contributed by atoms with E-state index in [0.717, 1.165) is 16.1 Å². The quantitative estimate of drug-likeness (QED) is 0.914. The van der Waals surface area contributed by atoms with Crippen LogP contribution >= 0.6 is 11.6 Å². The molecule has 100 valence electrons. The molecule has 0 saturated heterocycles. The van der Waals surface area contributed by atoms with Gasteiger partial charge in [-0.1, -0.05) is 11.6 Å². The molecule has 3 nitrogen and oxygen atoms in total. The number of hydrogen-bond donors (Lipinski definition) is 1. The number of pyridine rings is 1. The molecule has 0 spiro atoms. The van der Waals surface area contributed by atoms with Crippen molar-refractivity contribution in [2.45, 2.75) is 26.9 Å². The van der Waals surface area contributed by atoms with E-state index in [1.165, 1.54) is 0 Å². The summed E-state index contributed by atoms with van der Waals surface area (Å²) < 4.78 is 5.76. The Hall–Kier alpha value is -1.58. The van der Waals surface area contributed by atoms with Gasteiger partial charge in [0.1, 0.15) is 5.75 Å². The van der Waals surface area contributed by atoms with E-state index in [-0.39, 0.29) is 0 Å². The lowest BCUT2D eigenvalue weighted by atomic mass is 10.1. The molecule has 1 aromatic heterocycles. The molecule has 0 amide bonds. The highest BCUT2D eigenvalue weighted by Crippen LogP contribution is 2.31. The summed E-state index contributed by atoms with van der Waals surface area (Å²) >= 11 is 6.12. The molecule has 19 heavy (non-hydrogen) atoms. The van der Waals surface area contributed by atoms with Crippen LogP contribution in [0.2, 0.25) is 5.02 Å². The predicted octanol–water partition coefficient (Wildman–Crippen LogP) is 4.20. The van der Waals surface area contributed by atoms with Gasteiger partial charge >= 0.3 is 0 Å². The first kappa shape index (κ1) is 13.8. The van der Waals surface area contributed by atoms with Gasteiger partial charge in [0.15, 0.2) is 0 Å². The van der Waals surface area contributed by atoms with Gasteiger partial charge in [-0.05, 0) is 56.2 Å². The topological polar surface area (TPSA) is 42.4 Å². The SMILES string of the molecule is Cc1cc(Oc2ncccc2[C@H](C)O)cc(C)c1Cl. The van der Waals surface area contributed by atoms with E-state index < -0.39 is 6.10 Å². The normalized spacial score (nSPS) is 12.3. The number of aryl methyl sites for hydroxylation is 2. The molecular weight excluding hydrogens is 262 g/mol. The van der Waals surface area contributed by atoms with Crippen LogP contribution in [0, 0.1) is 13.8 Å². The fourth-order valence-electron chi connectivity index (χ4n) is 1.88. The highest BCUT2D eigenvalue weighted by Gasteiger charge is 2.12. The third kappa shape index (κ3) is 3.06. The smallest absolute Gasteiger partial charge is 0.225 e. The van der Waals surface area contributed by atoms with Gasteiger partial charge in [-0.15, -0.1) is 0 Å². The average Bonchev–Trinajstić information content (AvgIpc) is 2.36. The molecule has 1 aromatic carbocycles. The summed E-state index contributed by atoms with van der Waals surface area (Å²) in [5, 5.41) is 10.4. The lowest BCUT2D eigenvalue weighted by Crippen LogP contribution is -1.98. The van der Waals surface area contributed by atoms with Gasteiger partial charge in [0.25, 0.3) is 0 Å². The van der Waals surface area contributed by atoms with Crippen molar-refractivity contribution >= 4 is 11.6 Å². The Morgan fingerprint density at radius 2 is 1.89 bits per heavy atom. The van der Waals surface area contributed by atoms with Crippen molar-refractivity contribution in [3.05, 3.63) is 52.2 Å². The van der Waals surface area contributed by atoms with E-state index in [1.54, 1.807) is 25.3 Å². The van der Waals surface area contributed by atoms with Gasteiger partial charge in [-0.3, -0.25) is 0 Å². The molecule has 0 aliphatic carbocycles. The summed E-state index contributed by atoms with van der Waals surface area (Å²) in [5.74, 6) is 1.08. The molecule has 1 heterocycles. The van der Waals surface area contributed by atoms with Gasteiger partial charge in [-0.2, -0.15) is 0 Å². The minimum atomic E-state index is -0.627. The van der Waals surface area contributed by atoms with Crippen molar-refractivity contribution in [1.29, 1.82) is 0 Å². The molecule has 1 N–H and O–H groups in total. The zero-order chi connectivity index (χ0) is 14.0. The van der Waals surface area contributed by atoms with E-state index >= 15 is 0 Å². The maximum atomic E-state index is 9.69. The van der Waals surface area contributed by atoms with E-state index in [9.17, 15) is 5.11 Å². The summed E-state index contributed by atoms with van der Waals surface area (Å²) in [6.07, 6.45) is 1.01. The third-order valence-electron chi connectivity index (χ3n) is 2.88. The number of nitrogens with zero attached hydrogens (tertiary/aromatic N) is 1. The van der Waals surface area contributed by atoms with Crippen LogP contribution < -0.4 is 4.74 Å². The first-order chi connectivity index (χ1) is 8.99. The molecule has 1 atom stereocenters. The zero-order valence-corrected chi connectivity index (χ0v) is 11.9. The molecule has 0 fully saturated rings. The molecular formula is C15H16ClNO2.